The number of piperazine rings is 1. The Hall–Kier alpha value is -0.550. The Morgan fingerprint density at radius 1 is 1.32 bits per heavy atom. The van der Waals surface area contributed by atoms with Gasteiger partial charge in [-0.15, -0.1) is 12.4 Å². The van der Waals surface area contributed by atoms with Crippen molar-refractivity contribution >= 4 is 24.0 Å². The Kier molecular flexibility index (Phi) is 8.47. The molecule has 6 heteroatoms. The molecule has 0 spiro atoms. The quantitative estimate of drug-likeness (QED) is 0.837. The van der Waals surface area contributed by atoms with Gasteiger partial charge in [-0.05, 0) is 31.0 Å². The predicted molar refractivity (Wildman–Crippen MR) is 91.9 cm³/mol. The highest BCUT2D eigenvalue weighted by atomic mass is 35.5. The molecule has 1 heterocycles. The van der Waals surface area contributed by atoms with Crippen LogP contribution in [0.15, 0.2) is 12.1 Å². The SMILES string of the molecule is CCC[C@@H](c1cc(F)c(OCC)c(Cl)c1)N1CCNCC1.Cl. The first-order valence-corrected chi connectivity index (χ1v) is 8.11. The topological polar surface area (TPSA) is 24.5 Å². The van der Waals surface area contributed by atoms with Crippen LogP contribution in [0.5, 0.6) is 5.75 Å². The summed E-state index contributed by atoms with van der Waals surface area (Å²) in [6.45, 7) is 8.31. The van der Waals surface area contributed by atoms with Gasteiger partial charge in [0.1, 0.15) is 0 Å². The predicted octanol–water partition coefficient (Wildman–Crippen LogP) is 4.05. The summed E-state index contributed by atoms with van der Waals surface area (Å²) >= 11 is 6.20. The van der Waals surface area contributed by atoms with E-state index in [2.05, 4.69) is 17.1 Å². The second-order valence-corrected chi connectivity index (χ2v) is 5.74. The highest BCUT2D eigenvalue weighted by Crippen LogP contribution is 2.34. The molecule has 1 fully saturated rings. The maximum atomic E-state index is 14.2. The third-order valence-corrected chi connectivity index (χ3v) is 4.13. The van der Waals surface area contributed by atoms with E-state index >= 15 is 0 Å². The van der Waals surface area contributed by atoms with Gasteiger partial charge in [0.15, 0.2) is 11.6 Å². The van der Waals surface area contributed by atoms with Crippen molar-refractivity contribution in [3.8, 4) is 5.75 Å². The molecule has 1 atom stereocenters. The average Bonchev–Trinajstić information content (AvgIpc) is 2.49. The molecule has 0 bridgehead atoms. The molecule has 1 aliphatic rings. The molecule has 126 valence electrons. The van der Waals surface area contributed by atoms with Crippen LogP contribution in [0.4, 0.5) is 4.39 Å². The van der Waals surface area contributed by atoms with Crippen LogP contribution < -0.4 is 10.1 Å². The Morgan fingerprint density at radius 3 is 2.55 bits per heavy atom. The molecule has 1 N–H and O–H groups in total. The fourth-order valence-electron chi connectivity index (χ4n) is 2.88. The van der Waals surface area contributed by atoms with Gasteiger partial charge < -0.3 is 10.1 Å². The highest BCUT2D eigenvalue weighted by molar-refractivity contribution is 6.32. The molecule has 0 unspecified atom stereocenters. The van der Waals surface area contributed by atoms with E-state index in [1.807, 2.05) is 13.0 Å². The van der Waals surface area contributed by atoms with E-state index < -0.39 is 0 Å². The third kappa shape index (κ3) is 4.72. The molecule has 0 aliphatic carbocycles. The summed E-state index contributed by atoms with van der Waals surface area (Å²) < 4.78 is 19.5. The number of benzene rings is 1. The minimum Gasteiger partial charge on any atom is -0.489 e. The summed E-state index contributed by atoms with van der Waals surface area (Å²) in [6.07, 6.45) is 2.06. The second-order valence-electron chi connectivity index (χ2n) is 5.34. The fraction of sp³-hybridized carbons (Fsp3) is 0.625. The van der Waals surface area contributed by atoms with E-state index in [0.717, 1.165) is 44.6 Å². The normalized spacial score (nSPS) is 16.9. The highest BCUT2D eigenvalue weighted by Gasteiger charge is 2.23. The van der Waals surface area contributed by atoms with E-state index in [1.165, 1.54) is 0 Å². The molecule has 1 aliphatic heterocycles. The van der Waals surface area contributed by atoms with Gasteiger partial charge in [0.05, 0.1) is 11.6 Å². The molecule has 0 saturated carbocycles. The van der Waals surface area contributed by atoms with Crippen LogP contribution in [0.25, 0.3) is 0 Å². The van der Waals surface area contributed by atoms with Gasteiger partial charge in [0, 0.05) is 32.2 Å². The summed E-state index contributed by atoms with van der Waals surface area (Å²) in [4.78, 5) is 2.41. The number of ether oxygens (including phenoxy) is 1. The monoisotopic (exact) mass is 350 g/mol. The zero-order valence-electron chi connectivity index (χ0n) is 13.2. The first kappa shape index (κ1) is 19.5. The van der Waals surface area contributed by atoms with Crippen LogP contribution in [-0.2, 0) is 0 Å². The maximum Gasteiger partial charge on any atom is 0.173 e. The van der Waals surface area contributed by atoms with Gasteiger partial charge >= 0.3 is 0 Å². The zero-order chi connectivity index (χ0) is 15.2. The standard InChI is InChI=1S/C16H24ClFN2O.ClH/c1-3-5-15(20-8-6-19-7-9-20)12-10-13(17)16(21-4-2)14(18)11-12;/h10-11,15,19H,3-9H2,1-2H3;1H/t15-;/m0./s1. The molecular weight excluding hydrogens is 326 g/mol. The molecule has 1 saturated heterocycles. The van der Waals surface area contributed by atoms with Crippen molar-refractivity contribution in [3.05, 3.63) is 28.5 Å². The third-order valence-electron chi connectivity index (χ3n) is 3.85. The summed E-state index contributed by atoms with van der Waals surface area (Å²) in [5.41, 5.74) is 0.949. The number of halogens is 3. The van der Waals surface area contributed by atoms with E-state index in [4.69, 9.17) is 16.3 Å². The van der Waals surface area contributed by atoms with Crippen molar-refractivity contribution in [2.45, 2.75) is 32.7 Å². The van der Waals surface area contributed by atoms with Gasteiger partial charge in [-0.1, -0.05) is 24.9 Å². The van der Waals surface area contributed by atoms with Gasteiger partial charge in [-0.2, -0.15) is 0 Å². The van der Waals surface area contributed by atoms with Gasteiger partial charge in [0.25, 0.3) is 0 Å². The summed E-state index contributed by atoms with van der Waals surface area (Å²) in [5.74, 6) is -0.200. The Bertz CT molecular complexity index is 444. The number of rotatable bonds is 6. The minimum absolute atomic E-state index is 0. The first-order valence-electron chi connectivity index (χ1n) is 7.73. The van der Waals surface area contributed by atoms with Crippen molar-refractivity contribution in [2.24, 2.45) is 0 Å². The lowest BCUT2D eigenvalue weighted by atomic mass is 9.99. The molecule has 3 nitrogen and oxygen atoms in total. The molecule has 1 aromatic rings. The fourth-order valence-corrected chi connectivity index (χ4v) is 3.15. The van der Waals surface area contributed by atoms with Gasteiger partial charge in [0.2, 0.25) is 0 Å². The lowest BCUT2D eigenvalue weighted by Crippen LogP contribution is -2.45. The zero-order valence-corrected chi connectivity index (χ0v) is 14.8. The van der Waals surface area contributed by atoms with Crippen LogP contribution in [0, 0.1) is 5.82 Å². The molecule has 0 aromatic heterocycles. The van der Waals surface area contributed by atoms with Crippen LogP contribution in [-0.4, -0.2) is 37.7 Å². The van der Waals surface area contributed by atoms with Crippen LogP contribution in [0.1, 0.15) is 38.3 Å². The number of hydrogen-bond donors (Lipinski definition) is 1. The van der Waals surface area contributed by atoms with E-state index in [0.29, 0.717) is 11.6 Å². The molecular formula is C16H25Cl2FN2O. The number of nitrogens with one attached hydrogen (secondary N) is 1. The first-order chi connectivity index (χ1) is 10.2. The van der Waals surface area contributed by atoms with Gasteiger partial charge in [-0.3, -0.25) is 4.90 Å². The summed E-state index contributed by atoms with van der Waals surface area (Å²) in [6, 6.07) is 3.66. The van der Waals surface area contributed by atoms with Crippen LogP contribution >= 0.6 is 24.0 Å². The molecule has 22 heavy (non-hydrogen) atoms. The van der Waals surface area contributed by atoms with Crippen molar-refractivity contribution in [3.63, 3.8) is 0 Å². The van der Waals surface area contributed by atoms with Crippen molar-refractivity contribution in [1.82, 2.24) is 10.2 Å². The lowest BCUT2D eigenvalue weighted by Gasteiger charge is -2.35. The molecule has 0 amide bonds. The van der Waals surface area contributed by atoms with E-state index in [1.54, 1.807) is 6.07 Å². The van der Waals surface area contributed by atoms with E-state index in [-0.39, 0.29) is 30.0 Å². The minimum atomic E-state index is -0.365. The largest absolute Gasteiger partial charge is 0.489 e. The summed E-state index contributed by atoms with van der Waals surface area (Å²) in [5, 5.41) is 3.71. The van der Waals surface area contributed by atoms with Crippen LogP contribution in [0.3, 0.4) is 0 Å². The Morgan fingerprint density at radius 2 is 2.00 bits per heavy atom. The molecule has 1 aromatic carbocycles. The Labute approximate surface area is 143 Å². The number of hydrogen-bond acceptors (Lipinski definition) is 3. The Balaban J connectivity index is 0.00000242. The molecule has 2 rings (SSSR count). The summed E-state index contributed by atoms with van der Waals surface area (Å²) in [7, 11) is 0. The van der Waals surface area contributed by atoms with E-state index in [9.17, 15) is 4.39 Å². The van der Waals surface area contributed by atoms with Crippen molar-refractivity contribution in [2.75, 3.05) is 32.8 Å². The average molecular weight is 351 g/mol. The van der Waals surface area contributed by atoms with Crippen molar-refractivity contribution < 1.29 is 9.13 Å². The molecule has 0 radical (unpaired) electrons. The number of nitrogens with zero attached hydrogens (tertiary/aromatic N) is 1. The van der Waals surface area contributed by atoms with Gasteiger partial charge in [-0.25, -0.2) is 4.39 Å². The van der Waals surface area contributed by atoms with Crippen LogP contribution in [0.2, 0.25) is 5.02 Å². The maximum absolute atomic E-state index is 14.2. The second kappa shape index (κ2) is 9.56. The lowest BCUT2D eigenvalue weighted by molar-refractivity contribution is 0.164. The van der Waals surface area contributed by atoms with Crippen molar-refractivity contribution in [1.29, 1.82) is 0 Å². The smallest absolute Gasteiger partial charge is 0.173 e.